The standard InChI is InChI=1S/C11H9NO2/c1-14-11-5-4-9(8-13)7-10(11)3-2-6-12/h2-5,7-8H,1H3. The Hall–Kier alpha value is -2.08. The summed E-state index contributed by atoms with van der Waals surface area (Å²) in [5.41, 5.74) is 1.28. The number of benzene rings is 1. The van der Waals surface area contributed by atoms with E-state index in [1.165, 1.54) is 6.08 Å². The predicted molar refractivity (Wildman–Crippen MR) is 53.0 cm³/mol. The highest BCUT2D eigenvalue weighted by Crippen LogP contribution is 2.20. The van der Waals surface area contributed by atoms with Gasteiger partial charge in [-0.2, -0.15) is 5.26 Å². The van der Waals surface area contributed by atoms with Crippen molar-refractivity contribution in [3.63, 3.8) is 0 Å². The van der Waals surface area contributed by atoms with E-state index in [2.05, 4.69) is 0 Å². The first-order valence-electron chi connectivity index (χ1n) is 4.01. The van der Waals surface area contributed by atoms with E-state index in [9.17, 15) is 4.79 Å². The fraction of sp³-hybridized carbons (Fsp3) is 0.0909. The summed E-state index contributed by atoms with van der Waals surface area (Å²) >= 11 is 0. The van der Waals surface area contributed by atoms with Crippen molar-refractivity contribution in [2.24, 2.45) is 0 Å². The number of nitriles is 1. The molecule has 14 heavy (non-hydrogen) atoms. The van der Waals surface area contributed by atoms with Gasteiger partial charge in [0.15, 0.2) is 0 Å². The van der Waals surface area contributed by atoms with E-state index in [4.69, 9.17) is 10.00 Å². The Kier molecular flexibility index (Phi) is 3.45. The first-order valence-corrected chi connectivity index (χ1v) is 4.01. The van der Waals surface area contributed by atoms with Gasteiger partial charge in [-0.15, -0.1) is 0 Å². The number of hydrogen-bond acceptors (Lipinski definition) is 3. The van der Waals surface area contributed by atoms with Crippen molar-refractivity contribution in [1.82, 2.24) is 0 Å². The highest BCUT2D eigenvalue weighted by molar-refractivity contribution is 5.77. The molecule has 0 N–H and O–H groups in total. The molecule has 1 aromatic carbocycles. The van der Waals surface area contributed by atoms with Crippen LogP contribution in [0.15, 0.2) is 24.3 Å². The van der Waals surface area contributed by atoms with Crippen molar-refractivity contribution in [2.75, 3.05) is 7.11 Å². The van der Waals surface area contributed by atoms with Crippen LogP contribution in [0.1, 0.15) is 15.9 Å². The molecule has 1 aromatic rings. The zero-order valence-electron chi connectivity index (χ0n) is 7.73. The lowest BCUT2D eigenvalue weighted by Crippen LogP contribution is -1.89. The summed E-state index contributed by atoms with van der Waals surface area (Å²) < 4.78 is 5.07. The second-order valence-electron chi connectivity index (χ2n) is 2.58. The lowest BCUT2D eigenvalue weighted by molar-refractivity contribution is 0.112. The average Bonchev–Trinajstić information content (AvgIpc) is 2.25. The fourth-order valence-electron chi connectivity index (χ4n) is 1.08. The molecule has 1 rings (SSSR count). The number of nitrogens with zero attached hydrogens (tertiary/aromatic N) is 1. The van der Waals surface area contributed by atoms with Gasteiger partial charge in [-0.1, -0.05) is 0 Å². The van der Waals surface area contributed by atoms with E-state index in [0.717, 1.165) is 11.8 Å². The minimum Gasteiger partial charge on any atom is -0.496 e. The maximum atomic E-state index is 10.5. The SMILES string of the molecule is COc1ccc(C=O)cc1C=CC#N. The molecule has 3 nitrogen and oxygen atoms in total. The minimum absolute atomic E-state index is 0.559. The average molecular weight is 187 g/mol. The highest BCUT2D eigenvalue weighted by Gasteiger charge is 2.00. The molecule has 0 radical (unpaired) electrons. The van der Waals surface area contributed by atoms with Gasteiger partial charge in [0.05, 0.1) is 13.2 Å². The van der Waals surface area contributed by atoms with Gasteiger partial charge >= 0.3 is 0 Å². The minimum atomic E-state index is 0.559. The van der Waals surface area contributed by atoms with Crippen LogP contribution in [0.4, 0.5) is 0 Å². The molecule has 70 valence electrons. The van der Waals surface area contributed by atoms with Gasteiger partial charge in [0.25, 0.3) is 0 Å². The van der Waals surface area contributed by atoms with Gasteiger partial charge in [-0.3, -0.25) is 4.79 Å². The number of methoxy groups -OCH3 is 1. The summed E-state index contributed by atoms with van der Waals surface area (Å²) in [6, 6.07) is 6.90. The topological polar surface area (TPSA) is 50.1 Å². The van der Waals surface area contributed by atoms with Crippen molar-refractivity contribution in [3.8, 4) is 11.8 Å². The summed E-state index contributed by atoms with van der Waals surface area (Å²) in [6.45, 7) is 0. The third kappa shape index (κ3) is 2.20. The largest absolute Gasteiger partial charge is 0.496 e. The third-order valence-corrected chi connectivity index (χ3v) is 1.73. The molecule has 0 saturated heterocycles. The summed E-state index contributed by atoms with van der Waals surface area (Å²) in [7, 11) is 1.54. The number of allylic oxidation sites excluding steroid dienone is 1. The number of hydrogen-bond donors (Lipinski definition) is 0. The zero-order chi connectivity index (χ0) is 10.4. The van der Waals surface area contributed by atoms with Crippen LogP contribution in [-0.4, -0.2) is 13.4 Å². The van der Waals surface area contributed by atoms with Crippen LogP contribution >= 0.6 is 0 Å². The van der Waals surface area contributed by atoms with Crippen LogP contribution < -0.4 is 4.74 Å². The van der Waals surface area contributed by atoms with Crippen LogP contribution in [0.2, 0.25) is 0 Å². The molecule has 0 aliphatic carbocycles. The van der Waals surface area contributed by atoms with Crippen molar-refractivity contribution < 1.29 is 9.53 Å². The zero-order valence-corrected chi connectivity index (χ0v) is 7.73. The van der Waals surface area contributed by atoms with E-state index in [-0.39, 0.29) is 0 Å². The number of carbonyl (C=O) groups excluding carboxylic acids is 1. The van der Waals surface area contributed by atoms with Crippen molar-refractivity contribution in [3.05, 3.63) is 35.4 Å². The first kappa shape index (κ1) is 10.0. The second-order valence-corrected chi connectivity index (χ2v) is 2.58. The number of rotatable bonds is 3. The fourth-order valence-corrected chi connectivity index (χ4v) is 1.08. The molecule has 0 aliphatic rings. The Morgan fingerprint density at radius 2 is 2.29 bits per heavy atom. The van der Waals surface area contributed by atoms with Crippen molar-refractivity contribution >= 4 is 12.4 Å². The van der Waals surface area contributed by atoms with Gasteiger partial charge in [-0.05, 0) is 24.3 Å². The molecule has 0 heterocycles. The molecule has 3 heteroatoms. The van der Waals surface area contributed by atoms with Gasteiger partial charge < -0.3 is 4.74 Å². The second kappa shape index (κ2) is 4.83. The van der Waals surface area contributed by atoms with Gasteiger partial charge in [0.2, 0.25) is 0 Å². The highest BCUT2D eigenvalue weighted by atomic mass is 16.5. The smallest absolute Gasteiger partial charge is 0.150 e. The Morgan fingerprint density at radius 1 is 1.50 bits per heavy atom. The normalized spacial score (nSPS) is 9.71. The molecule has 0 atom stereocenters. The van der Waals surface area contributed by atoms with Gasteiger partial charge in [0, 0.05) is 17.2 Å². The van der Waals surface area contributed by atoms with Crippen LogP contribution in [-0.2, 0) is 0 Å². The Morgan fingerprint density at radius 3 is 2.86 bits per heavy atom. The molecule has 0 saturated carbocycles. The van der Waals surface area contributed by atoms with Crippen LogP contribution in [0.5, 0.6) is 5.75 Å². The number of ether oxygens (including phenoxy) is 1. The molecule has 0 bridgehead atoms. The van der Waals surface area contributed by atoms with E-state index >= 15 is 0 Å². The Bertz CT molecular complexity index is 402. The van der Waals surface area contributed by atoms with Gasteiger partial charge in [-0.25, -0.2) is 0 Å². The van der Waals surface area contributed by atoms with E-state index in [0.29, 0.717) is 11.3 Å². The van der Waals surface area contributed by atoms with Crippen molar-refractivity contribution in [2.45, 2.75) is 0 Å². The van der Waals surface area contributed by atoms with Gasteiger partial charge in [0.1, 0.15) is 12.0 Å². The van der Waals surface area contributed by atoms with Crippen molar-refractivity contribution in [1.29, 1.82) is 5.26 Å². The molecule has 0 aliphatic heterocycles. The first-order chi connectivity index (χ1) is 6.81. The third-order valence-electron chi connectivity index (χ3n) is 1.73. The maximum Gasteiger partial charge on any atom is 0.150 e. The maximum absolute atomic E-state index is 10.5. The van der Waals surface area contributed by atoms with Crippen LogP contribution in [0.3, 0.4) is 0 Å². The summed E-state index contributed by atoms with van der Waals surface area (Å²) in [5.74, 6) is 0.641. The Balaban J connectivity index is 3.15. The van der Waals surface area contributed by atoms with Crippen LogP contribution in [0, 0.1) is 11.3 Å². The molecule has 0 spiro atoms. The summed E-state index contributed by atoms with van der Waals surface area (Å²) in [6.07, 6.45) is 3.70. The molecule has 0 unspecified atom stereocenters. The number of carbonyl (C=O) groups is 1. The van der Waals surface area contributed by atoms with E-state index in [1.807, 2.05) is 6.07 Å². The van der Waals surface area contributed by atoms with E-state index < -0.39 is 0 Å². The quantitative estimate of drug-likeness (QED) is 0.537. The van der Waals surface area contributed by atoms with Crippen LogP contribution in [0.25, 0.3) is 6.08 Å². The van der Waals surface area contributed by atoms with E-state index in [1.54, 1.807) is 31.4 Å². The molecule has 0 fully saturated rings. The lowest BCUT2D eigenvalue weighted by Gasteiger charge is -2.04. The number of aldehydes is 1. The molecular weight excluding hydrogens is 178 g/mol. The summed E-state index contributed by atoms with van der Waals surface area (Å²) in [4.78, 5) is 10.5. The monoisotopic (exact) mass is 187 g/mol. The summed E-state index contributed by atoms with van der Waals surface area (Å²) in [5, 5.41) is 8.37. The predicted octanol–water partition coefficient (Wildman–Crippen LogP) is 2.04. The Labute approximate surface area is 82.2 Å². The molecule has 0 amide bonds. The molecular formula is C11H9NO2. The lowest BCUT2D eigenvalue weighted by atomic mass is 10.1. The molecule has 0 aromatic heterocycles.